The zero-order valence-electron chi connectivity index (χ0n) is 17.9. The van der Waals surface area contributed by atoms with Gasteiger partial charge in [0.2, 0.25) is 11.9 Å². The van der Waals surface area contributed by atoms with Gasteiger partial charge in [-0.3, -0.25) is 15.1 Å². The summed E-state index contributed by atoms with van der Waals surface area (Å²) < 4.78 is 11.1. The molecule has 30 heavy (non-hydrogen) atoms. The number of hydrogen-bond donors (Lipinski definition) is 2. The van der Waals surface area contributed by atoms with E-state index >= 15 is 0 Å². The molecule has 0 atom stereocenters. The molecule has 0 radical (unpaired) electrons. The first kappa shape index (κ1) is 20.8. The number of aromatic nitrogens is 2. The molecule has 4 rings (SSSR count). The van der Waals surface area contributed by atoms with Gasteiger partial charge in [0.15, 0.2) is 0 Å². The van der Waals surface area contributed by atoms with E-state index in [0.717, 1.165) is 74.8 Å². The highest BCUT2D eigenvalue weighted by Crippen LogP contribution is 2.26. The van der Waals surface area contributed by atoms with E-state index in [9.17, 15) is 0 Å². The normalized spacial score (nSPS) is 18.1. The quantitative estimate of drug-likeness (QED) is 0.709. The first-order chi connectivity index (χ1) is 14.7. The topological polar surface area (TPSA) is 87.1 Å². The molecule has 1 aromatic heterocycles. The standard InChI is InChI=1S/C21H31N7O2/c1-3-30-18-7-4-6-17-16(2)24-21(25-19(17)18)26-20-22-14-28(15-23-20)9-5-8-27-10-12-29-13-11-27/h4,6-7H,3,5,8-15H2,1-2H3,(H2,22,23,24,25,26). The third kappa shape index (κ3) is 5.16. The van der Waals surface area contributed by atoms with Gasteiger partial charge >= 0.3 is 0 Å². The van der Waals surface area contributed by atoms with Crippen LogP contribution < -0.4 is 15.4 Å². The van der Waals surface area contributed by atoms with Gasteiger partial charge in [-0.15, -0.1) is 0 Å². The van der Waals surface area contributed by atoms with Gasteiger partial charge in [-0.05, 0) is 32.9 Å². The highest BCUT2D eigenvalue weighted by molar-refractivity contribution is 5.94. The van der Waals surface area contributed by atoms with E-state index < -0.39 is 0 Å². The fraction of sp³-hybridized carbons (Fsp3) is 0.571. The molecule has 1 aromatic carbocycles. The van der Waals surface area contributed by atoms with Crippen molar-refractivity contribution in [3.63, 3.8) is 0 Å². The molecular weight excluding hydrogens is 382 g/mol. The molecule has 0 aliphatic carbocycles. The second-order valence-corrected chi connectivity index (χ2v) is 7.53. The Balaban J connectivity index is 1.33. The lowest BCUT2D eigenvalue weighted by molar-refractivity contribution is 0.0360. The summed E-state index contributed by atoms with van der Waals surface area (Å²) in [7, 11) is 0. The molecule has 2 aromatic rings. The van der Waals surface area contributed by atoms with Crippen LogP contribution in [0.15, 0.2) is 23.2 Å². The number of ether oxygens (including phenoxy) is 2. The summed E-state index contributed by atoms with van der Waals surface area (Å²) in [5.74, 6) is 2.00. The lowest BCUT2D eigenvalue weighted by atomic mass is 10.2. The summed E-state index contributed by atoms with van der Waals surface area (Å²) in [6, 6.07) is 5.92. The smallest absolute Gasteiger partial charge is 0.230 e. The Labute approximate surface area is 177 Å². The number of nitrogens with zero attached hydrogens (tertiary/aromatic N) is 5. The molecule has 0 unspecified atom stereocenters. The van der Waals surface area contributed by atoms with Crippen LogP contribution in [0.2, 0.25) is 0 Å². The van der Waals surface area contributed by atoms with Crippen LogP contribution in [0.4, 0.5) is 5.95 Å². The zero-order valence-corrected chi connectivity index (χ0v) is 17.9. The molecule has 2 aliphatic rings. The summed E-state index contributed by atoms with van der Waals surface area (Å²) in [5.41, 5.74) is 1.72. The van der Waals surface area contributed by atoms with E-state index in [1.165, 1.54) is 0 Å². The van der Waals surface area contributed by atoms with Crippen molar-refractivity contribution in [1.29, 1.82) is 0 Å². The van der Waals surface area contributed by atoms with Crippen molar-refractivity contribution in [2.45, 2.75) is 20.3 Å². The Morgan fingerprint density at radius 2 is 2.00 bits per heavy atom. The van der Waals surface area contributed by atoms with Crippen LogP contribution in [0.5, 0.6) is 5.75 Å². The van der Waals surface area contributed by atoms with Crippen LogP contribution in [-0.2, 0) is 4.74 Å². The van der Waals surface area contributed by atoms with Crippen LogP contribution in [0.25, 0.3) is 10.9 Å². The maximum absolute atomic E-state index is 5.73. The van der Waals surface area contributed by atoms with E-state index in [0.29, 0.717) is 25.2 Å². The van der Waals surface area contributed by atoms with Crippen LogP contribution >= 0.6 is 0 Å². The van der Waals surface area contributed by atoms with Crippen LogP contribution in [0, 0.1) is 6.92 Å². The first-order valence-corrected chi connectivity index (χ1v) is 10.7. The summed E-state index contributed by atoms with van der Waals surface area (Å²) in [5, 5.41) is 7.55. The molecule has 2 aliphatic heterocycles. The number of nitrogens with one attached hydrogen (secondary N) is 2. The predicted octanol–water partition coefficient (Wildman–Crippen LogP) is 1.65. The minimum Gasteiger partial charge on any atom is -0.492 e. The number of benzene rings is 1. The van der Waals surface area contributed by atoms with Gasteiger partial charge in [0.25, 0.3) is 0 Å². The lowest BCUT2D eigenvalue weighted by Gasteiger charge is -2.29. The van der Waals surface area contributed by atoms with Crippen molar-refractivity contribution in [1.82, 2.24) is 25.1 Å². The van der Waals surface area contributed by atoms with Gasteiger partial charge in [-0.1, -0.05) is 12.1 Å². The Morgan fingerprint density at radius 3 is 2.77 bits per heavy atom. The summed E-state index contributed by atoms with van der Waals surface area (Å²) >= 11 is 0. The minimum atomic E-state index is 0.527. The largest absolute Gasteiger partial charge is 0.492 e. The molecule has 9 heteroatoms. The number of fused-ring (bicyclic) bond motifs is 1. The summed E-state index contributed by atoms with van der Waals surface area (Å²) in [6.07, 6.45) is 1.13. The number of guanidine groups is 1. The molecule has 1 fully saturated rings. The minimum absolute atomic E-state index is 0.527. The number of aryl methyl sites for hydroxylation is 1. The average molecular weight is 414 g/mol. The van der Waals surface area contributed by atoms with Crippen molar-refractivity contribution >= 4 is 22.8 Å². The fourth-order valence-corrected chi connectivity index (χ4v) is 3.75. The Hall–Kier alpha value is -2.49. The number of morpholine rings is 1. The van der Waals surface area contributed by atoms with E-state index in [1.54, 1.807) is 0 Å². The third-order valence-electron chi connectivity index (χ3n) is 5.36. The number of aliphatic imine (C=N–C) groups is 1. The number of rotatable bonds is 7. The first-order valence-electron chi connectivity index (χ1n) is 10.7. The fourth-order valence-electron chi connectivity index (χ4n) is 3.75. The highest BCUT2D eigenvalue weighted by atomic mass is 16.5. The molecule has 162 valence electrons. The van der Waals surface area contributed by atoms with Crippen molar-refractivity contribution in [2.24, 2.45) is 4.99 Å². The number of para-hydroxylation sites is 1. The molecule has 2 N–H and O–H groups in total. The van der Waals surface area contributed by atoms with Gasteiger partial charge < -0.3 is 14.8 Å². The summed E-state index contributed by atoms with van der Waals surface area (Å²) in [6.45, 7) is 11.9. The molecule has 0 spiro atoms. The highest BCUT2D eigenvalue weighted by Gasteiger charge is 2.16. The van der Waals surface area contributed by atoms with Crippen LogP contribution in [-0.4, -0.2) is 85.1 Å². The maximum Gasteiger partial charge on any atom is 0.230 e. The third-order valence-corrected chi connectivity index (χ3v) is 5.36. The number of anilines is 1. The Bertz CT molecular complexity index is 883. The van der Waals surface area contributed by atoms with E-state index in [4.69, 9.17) is 9.47 Å². The molecule has 9 nitrogen and oxygen atoms in total. The molecule has 0 saturated carbocycles. The second-order valence-electron chi connectivity index (χ2n) is 7.53. The van der Waals surface area contributed by atoms with Crippen LogP contribution in [0.3, 0.4) is 0 Å². The Kier molecular flexibility index (Phi) is 6.93. The molecule has 1 saturated heterocycles. The molecule has 3 heterocycles. The Morgan fingerprint density at radius 1 is 1.17 bits per heavy atom. The van der Waals surface area contributed by atoms with Crippen molar-refractivity contribution in [3.8, 4) is 5.75 Å². The zero-order chi connectivity index (χ0) is 20.8. The number of hydrogen-bond acceptors (Lipinski definition) is 9. The van der Waals surface area contributed by atoms with Gasteiger partial charge in [-0.2, -0.15) is 0 Å². The monoisotopic (exact) mass is 413 g/mol. The van der Waals surface area contributed by atoms with Crippen molar-refractivity contribution in [2.75, 3.05) is 64.7 Å². The second kappa shape index (κ2) is 10.0. The molecule has 0 bridgehead atoms. The average Bonchev–Trinajstić information content (AvgIpc) is 2.77. The maximum atomic E-state index is 5.73. The van der Waals surface area contributed by atoms with Gasteiger partial charge in [0.05, 0.1) is 38.9 Å². The van der Waals surface area contributed by atoms with Gasteiger partial charge in [0, 0.05) is 25.0 Å². The van der Waals surface area contributed by atoms with Gasteiger partial charge in [0.1, 0.15) is 11.3 Å². The molecular formula is C21H31N7O2. The van der Waals surface area contributed by atoms with E-state index in [-0.39, 0.29) is 0 Å². The van der Waals surface area contributed by atoms with Crippen molar-refractivity contribution in [3.05, 3.63) is 23.9 Å². The van der Waals surface area contributed by atoms with Gasteiger partial charge in [-0.25, -0.2) is 15.0 Å². The predicted molar refractivity (Wildman–Crippen MR) is 118 cm³/mol. The summed E-state index contributed by atoms with van der Waals surface area (Å²) in [4.78, 5) is 18.6. The SMILES string of the molecule is CCOc1cccc2c(C)nc(NC3=NCN(CCCN4CCOCC4)CN3)nc12. The molecule has 0 amide bonds. The van der Waals surface area contributed by atoms with Crippen molar-refractivity contribution < 1.29 is 9.47 Å². The van der Waals surface area contributed by atoms with E-state index in [1.807, 2.05) is 32.0 Å². The van der Waals surface area contributed by atoms with E-state index in [2.05, 4.69) is 35.4 Å². The van der Waals surface area contributed by atoms with Crippen LogP contribution in [0.1, 0.15) is 19.0 Å². The lowest BCUT2D eigenvalue weighted by Crippen LogP contribution is -2.47.